The van der Waals surface area contributed by atoms with Crippen LogP contribution in [0.2, 0.25) is 0 Å². The van der Waals surface area contributed by atoms with E-state index in [1.165, 1.54) is 18.6 Å². The first-order chi connectivity index (χ1) is 13.7. The average molecular weight is 414 g/mol. The van der Waals surface area contributed by atoms with Crippen molar-refractivity contribution in [3.63, 3.8) is 0 Å². The standard InChI is InChI=1S/C20H25F3N2O4/c21-20(22,23)14-6-4-9-16(12-14)25-18(27)13-29-19(28)11-5-10-17(26)24-15-7-2-1-3-8-15/h4,6,9,12,15H,1-3,5,7-8,10-11,13H2,(H,24,26)(H,25,27). The summed E-state index contributed by atoms with van der Waals surface area (Å²) in [7, 11) is 0. The number of rotatable bonds is 8. The van der Waals surface area contributed by atoms with E-state index >= 15 is 0 Å². The van der Waals surface area contributed by atoms with E-state index in [4.69, 9.17) is 4.74 Å². The van der Waals surface area contributed by atoms with Gasteiger partial charge in [0.05, 0.1) is 5.56 Å². The average Bonchev–Trinajstić information content (AvgIpc) is 2.67. The number of ether oxygens (including phenoxy) is 1. The highest BCUT2D eigenvalue weighted by Crippen LogP contribution is 2.30. The summed E-state index contributed by atoms with van der Waals surface area (Å²) in [6.45, 7) is -0.608. The summed E-state index contributed by atoms with van der Waals surface area (Å²) in [6.07, 6.45) is 1.34. The molecule has 1 saturated carbocycles. The van der Waals surface area contributed by atoms with Gasteiger partial charge in [-0.2, -0.15) is 13.2 Å². The van der Waals surface area contributed by atoms with Crippen LogP contribution in [-0.2, 0) is 25.3 Å². The van der Waals surface area contributed by atoms with Crippen LogP contribution in [0.3, 0.4) is 0 Å². The summed E-state index contributed by atoms with van der Waals surface area (Å²) < 4.78 is 42.8. The van der Waals surface area contributed by atoms with Crippen molar-refractivity contribution in [2.75, 3.05) is 11.9 Å². The number of hydrogen-bond donors (Lipinski definition) is 2. The van der Waals surface area contributed by atoms with E-state index in [1.54, 1.807) is 0 Å². The summed E-state index contributed by atoms with van der Waals surface area (Å²) in [4.78, 5) is 35.3. The molecule has 0 bridgehead atoms. The van der Waals surface area contributed by atoms with Crippen LogP contribution in [0.15, 0.2) is 24.3 Å². The first kappa shape index (κ1) is 22.7. The Balaban J connectivity index is 1.63. The Hall–Kier alpha value is -2.58. The number of amides is 2. The van der Waals surface area contributed by atoms with Crippen LogP contribution in [0.1, 0.15) is 56.9 Å². The van der Waals surface area contributed by atoms with E-state index < -0.39 is 30.2 Å². The third-order valence-corrected chi connectivity index (χ3v) is 4.59. The summed E-state index contributed by atoms with van der Waals surface area (Å²) in [5, 5.41) is 5.20. The van der Waals surface area contributed by atoms with E-state index in [0.717, 1.165) is 37.8 Å². The maximum Gasteiger partial charge on any atom is 0.416 e. The molecule has 0 spiro atoms. The number of hydrogen-bond acceptors (Lipinski definition) is 4. The van der Waals surface area contributed by atoms with Crippen molar-refractivity contribution in [2.45, 2.75) is 63.6 Å². The first-order valence-corrected chi connectivity index (χ1v) is 9.66. The van der Waals surface area contributed by atoms with E-state index in [2.05, 4.69) is 10.6 Å². The third-order valence-electron chi connectivity index (χ3n) is 4.59. The number of alkyl halides is 3. The Kier molecular flexibility index (Phi) is 8.48. The molecule has 1 aliphatic carbocycles. The molecule has 1 aromatic carbocycles. The lowest BCUT2D eigenvalue weighted by Crippen LogP contribution is -2.36. The Morgan fingerprint density at radius 2 is 1.76 bits per heavy atom. The molecule has 2 amide bonds. The highest BCUT2D eigenvalue weighted by molar-refractivity contribution is 5.92. The Labute approximate surface area is 167 Å². The van der Waals surface area contributed by atoms with Crippen molar-refractivity contribution in [2.24, 2.45) is 0 Å². The van der Waals surface area contributed by atoms with Gasteiger partial charge in [0, 0.05) is 24.6 Å². The summed E-state index contributed by atoms with van der Waals surface area (Å²) in [5.74, 6) is -1.49. The van der Waals surface area contributed by atoms with Gasteiger partial charge in [0.15, 0.2) is 6.61 Å². The molecule has 0 aliphatic heterocycles. The molecule has 0 heterocycles. The third kappa shape index (κ3) is 8.53. The zero-order valence-corrected chi connectivity index (χ0v) is 16.0. The number of nitrogens with one attached hydrogen (secondary N) is 2. The maximum atomic E-state index is 12.7. The fourth-order valence-electron chi connectivity index (χ4n) is 3.13. The number of carbonyl (C=O) groups excluding carboxylic acids is 3. The van der Waals surface area contributed by atoms with Crippen LogP contribution in [0.4, 0.5) is 18.9 Å². The highest BCUT2D eigenvalue weighted by Gasteiger charge is 2.30. The Morgan fingerprint density at radius 3 is 2.45 bits per heavy atom. The van der Waals surface area contributed by atoms with Crippen molar-refractivity contribution in [1.29, 1.82) is 0 Å². The van der Waals surface area contributed by atoms with E-state index in [1.807, 2.05) is 0 Å². The van der Waals surface area contributed by atoms with Crippen LogP contribution >= 0.6 is 0 Å². The monoisotopic (exact) mass is 414 g/mol. The molecule has 1 aromatic rings. The molecule has 1 fully saturated rings. The fourth-order valence-corrected chi connectivity index (χ4v) is 3.13. The van der Waals surface area contributed by atoms with Gasteiger partial charge in [-0.1, -0.05) is 25.3 Å². The summed E-state index contributed by atoms with van der Waals surface area (Å²) in [6, 6.07) is 4.37. The molecule has 160 valence electrons. The molecule has 0 unspecified atom stereocenters. The fraction of sp³-hybridized carbons (Fsp3) is 0.550. The molecule has 0 atom stereocenters. The Morgan fingerprint density at radius 1 is 1.03 bits per heavy atom. The molecular formula is C20H25F3N2O4. The second-order valence-corrected chi connectivity index (χ2v) is 7.04. The summed E-state index contributed by atoms with van der Waals surface area (Å²) in [5.41, 5.74) is -0.931. The van der Waals surface area contributed by atoms with E-state index in [9.17, 15) is 27.6 Å². The predicted molar refractivity (Wildman–Crippen MR) is 99.9 cm³/mol. The SMILES string of the molecule is O=C(COC(=O)CCCC(=O)NC1CCCCC1)Nc1cccc(C(F)(F)F)c1. The van der Waals surface area contributed by atoms with Gasteiger partial charge in [0.2, 0.25) is 5.91 Å². The van der Waals surface area contributed by atoms with E-state index in [-0.39, 0.29) is 30.5 Å². The van der Waals surface area contributed by atoms with Crippen molar-refractivity contribution < 1.29 is 32.3 Å². The molecule has 29 heavy (non-hydrogen) atoms. The smallest absolute Gasteiger partial charge is 0.416 e. The van der Waals surface area contributed by atoms with Gasteiger partial charge < -0.3 is 15.4 Å². The van der Waals surface area contributed by atoms with Crippen molar-refractivity contribution in [3.8, 4) is 0 Å². The second kappa shape index (κ2) is 10.8. The van der Waals surface area contributed by atoms with Crippen molar-refractivity contribution >= 4 is 23.5 Å². The number of benzene rings is 1. The molecule has 9 heteroatoms. The predicted octanol–water partition coefficient (Wildman–Crippen LogP) is 3.81. The normalized spacial score (nSPS) is 14.9. The van der Waals surface area contributed by atoms with Crippen LogP contribution in [0.25, 0.3) is 0 Å². The van der Waals surface area contributed by atoms with Crippen LogP contribution in [0, 0.1) is 0 Å². The minimum atomic E-state index is -4.52. The molecule has 0 saturated heterocycles. The van der Waals surface area contributed by atoms with Crippen molar-refractivity contribution in [1.82, 2.24) is 5.32 Å². The molecular weight excluding hydrogens is 389 g/mol. The highest BCUT2D eigenvalue weighted by atomic mass is 19.4. The van der Waals surface area contributed by atoms with Crippen LogP contribution in [-0.4, -0.2) is 30.4 Å². The van der Waals surface area contributed by atoms with Crippen LogP contribution in [0.5, 0.6) is 0 Å². The Bertz CT molecular complexity index is 716. The number of halogens is 3. The van der Waals surface area contributed by atoms with Crippen LogP contribution < -0.4 is 10.6 Å². The molecule has 2 rings (SSSR count). The maximum absolute atomic E-state index is 12.7. The van der Waals surface area contributed by atoms with Gasteiger partial charge in [-0.3, -0.25) is 14.4 Å². The minimum absolute atomic E-state index is 0.0189. The van der Waals surface area contributed by atoms with Gasteiger partial charge >= 0.3 is 12.1 Å². The lowest BCUT2D eigenvalue weighted by atomic mass is 9.95. The number of esters is 1. The summed E-state index contributed by atoms with van der Waals surface area (Å²) >= 11 is 0. The molecule has 0 radical (unpaired) electrons. The quantitative estimate of drug-likeness (QED) is 0.634. The van der Waals surface area contributed by atoms with Crippen molar-refractivity contribution in [3.05, 3.63) is 29.8 Å². The van der Waals surface area contributed by atoms with E-state index in [0.29, 0.717) is 6.42 Å². The largest absolute Gasteiger partial charge is 0.456 e. The number of carbonyl (C=O) groups is 3. The molecule has 0 aromatic heterocycles. The zero-order valence-electron chi connectivity index (χ0n) is 16.0. The van der Waals surface area contributed by atoms with Gasteiger partial charge in [0.25, 0.3) is 5.91 Å². The topological polar surface area (TPSA) is 84.5 Å². The van der Waals surface area contributed by atoms with Gasteiger partial charge in [-0.15, -0.1) is 0 Å². The second-order valence-electron chi connectivity index (χ2n) is 7.04. The number of anilines is 1. The van der Waals surface area contributed by atoms with Gasteiger partial charge in [0.1, 0.15) is 0 Å². The molecule has 1 aliphatic rings. The minimum Gasteiger partial charge on any atom is -0.456 e. The molecule has 2 N–H and O–H groups in total. The van der Waals surface area contributed by atoms with Gasteiger partial charge in [-0.05, 0) is 37.5 Å². The lowest BCUT2D eigenvalue weighted by Gasteiger charge is -2.22. The lowest BCUT2D eigenvalue weighted by molar-refractivity contribution is -0.147. The molecule has 6 nitrogen and oxygen atoms in total. The first-order valence-electron chi connectivity index (χ1n) is 9.66. The van der Waals surface area contributed by atoms with Gasteiger partial charge in [-0.25, -0.2) is 0 Å². The zero-order chi connectivity index (χ0) is 21.3.